The number of benzene rings is 3. The number of anilines is 2. The van der Waals surface area contributed by atoms with Crippen molar-refractivity contribution in [2.45, 2.75) is 31.5 Å². The van der Waals surface area contributed by atoms with Crippen LogP contribution in [-0.2, 0) is 19.1 Å². The van der Waals surface area contributed by atoms with E-state index in [0.717, 1.165) is 18.4 Å². The molecule has 2 amide bonds. The molecule has 3 aromatic carbocycles. The van der Waals surface area contributed by atoms with E-state index in [-0.39, 0.29) is 37.0 Å². The van der Waals surface area contributed by atoms with Crippen LogP contribution in [0.15, 0.2) is 79.0 Å². The highest BCUT2D eigenvalue weighted by Gasteiger charge is 2.56. The van der Waals surface area contributed by atoms with Crippen molar-refractivity contribution >= 4 is 40.1 Å². The number of carbonyl (C=O) groups excluding carboxylic acids is 3. The second kappa shape index (κ2) is 15.8. The van der Waals surface area contributed by atoms with Crippen LogP contribution >= 0.6 is 0 Å². The molecule has 6 rings (SSSR count). The Labute approximate surface area is 296 Å². The molecule has 1 aromatic heterocycles. The van der Waals surface area contributed by atoms with Crippen LogP contribution in [0.3, 0.4) is 0 Å². The molecule has 2 unspecified atom stereocenters. The Balaban J connectivity index is 1.03. The van der Waals surface area contributed by atoms with Crippen LogP contribution in [0.2, 0.25) is 0 Å². The molecule has 2 aliphatic rings. The van der Waals surface area contributed by atoms with Gasteiger partial charge in [-0.3, -0.25) is 29.2 Å². The molecule has 268 valence electrons. The van der Waals surface area contributed by atoms with Gasteiger partial charge < -0.3 is 34.7 Å². The summed E-state index contributed by atoms with van der Waals surface area (Å²) < 4.78 is 23.3. The van der Waals surface area contributed by atoms with Gasteiger partial charge in [-0.25, -0.2) is 0 Å². The normalized spacial score (nSPS) is 17.1. The first kappa shape index (κ1) is 35.6. The number of fused-ring (bicyclic) bond motifs is 1. The van der Waals surface area contributed by atoms with Gasteiger partial charge in [-0.15, -0.1) is 0 Å². The van der Waals surface area contributed by atoms with E-state index in [1.165, 1.54) is 7.11 Å². The summed E-state index contributed by atoms with van der Waals surface area (Å²) in [5.74, 6) is 0.941. The summed E-state index contributed by atoms with van der Waals surface area (Å²) in [6.45, 7) is 2.04. The van der Waals surface area contributed by atoms with Gasteiger partial charge in [0.1, 0.15) is 35.7 Å². The number of para-hydroxylation sites is 1. The number of nitrogens with one attached hydrogen (secondary N) is 2. The van der Waals surface area contributed by atoms with Crippen LogP contribution in [0.1, 0.15) is 19.3 Å². The number of pyridine rings is 1. The SMILES string of the molecule is COc1cc(NC(=O)C2(C(=O)Nc3ccccc3)CC2)ccc1Oc1ccnc2cc(OCC(O)CN3CCC(OC(=O)CN(C)C)C3)ccc12. The third-order valence-corrected chi connectivity index (χ3v) is 8.85. The molecule has 13 heteroatoms. The Hall–Kier alpha value is -5.24. The van der Waals surface area contributed by atoms with Crippen molar-refractivity contribution in [2.24, 2.45) is 5.41 Å². The molecule has 13 nitrogen and oxygen atoms in total. The monoisotopic (exact) mass is 697 g/mol. The fourth-order valence-electron chi connectivity index (χ4n) is 6.02. The number of amides is 2. The van der Waals surface area contributed by atoms with Gasteiger partial charge in [-0.05, 0) is 75.8 Å². The average Bonchev–Trinajstić information content (AvgIpc) is 3.83. The van der Waals surface area contributed by atoms with E-state index < -0.39 is 11.5 Å². The molecule has 51 heavy (non-hydrogen) atoms. The molecule has 3 N–H and O–H groups in total. The molecular formula is C38H43N5O8. The van der Waals surface area contributed by atoms with Crippen LogP contribution in [0.4, 0.5) is 11.4 Å². The van der Waals surface area contributed by atoms with Crippen LogP contribution in [0, 0.1) is 5.41 Å². The largest absolute Gasteiger partial charge is 0.493 e. The lowest BCUT2D eigenvalue weighted by Crippen LogP contribution is -2.35. The van der Waals surface area contributed by atoms with Crippen molar-refractivity contribution in [3.63, 3.8) is 0 Å². The Morgan fingerprint density at radius 1 is 0.961 bits per heavy atom. The molecule has 0 radical (unpaired) electrons. The summed E-state index contributed by atoms with van der Waals surface area (Å²) >= 11 is 0. The van der Waals surface area contributed by atoms with E-state index in [9.17, 15) is 19.5 Å². The number of β-amino-alcohol motifs (C(OH)–C–C–N with tert-alkyl or cyclic N) is 1. The summed E-state index contributed by atoms with van der Waals surface area (Å²) in [6, 6.07) is 21.3. The van der Waals surface area contributed by atoms with Crippen molar-refractivity contribution in [2.75, 3.05) is 64.6 Å². The van der Waals surface area contributed by atoms with Crippen molar-refractivity contribution in [3.05, 3.63) is 79.0 Å². The zero-order valence-electron chi connectivity index (χ0n) is 29.0. The minimum absolute atomic E-state index is 0.0855. The smallest absolute Gasteiger partial charge is 0.320 e. The zero-order chi connectivity index (χ0) is 36.0. The van der Waals surface area contributed by atoms with Crippen LogP contribution < -0.4 is 24.8 Å². The lowest BCUT2D eigenvalue weighted by Gasteiger charge is -2.20. The Morgan fingerprint density at radius 2 is 1.73 bits per heavy atom. The molecule has 2 heterocycles. The van der Waals surface area contributed by atoms with E-state index in [1.54, 1.807) is 59.6 Å². The number of likely N-dealkylation sites (tertiary alicyclic amines) is 1. The van der Waals surface area contributed by atoms with Crippen molar-refractivity contribution < 1.29 is 38.4 Å². The molecule has 1 saturated carbocycles. The molecule has 1 saturated heterocycles. The van der Waals surface area contributed by atoms with Crippen molar-refractivity contribution in [1.29, 1.82) is 0 Å². The van der Waals surface area contributed by atoms with Crippen LogP contribution in [0.25, 0.3) is 10.9 Å². The van der Waals surface area contributed by atoms with E-state index in [1.807, 2.05) is 38.4 Å². The summed E-state index contributed by atoms with van der Waals surface area (Å²) in [5.41, 5.74) is 0.629. The number of nitrogens with zero attached hydrogens (tertiary/aromatic N) is 3. The first-order valence-electron chi connectivity index (χ1n) is 16.9. The average molecular weight is 698 g/mol. The van der Waals surface area contributed by atoms with Gasteiger partial charge in [-0.1, -0.05) is 18.2 Å². The fraction of sp³-hybridized carbons (Fsp3) is 0.368. The first-order valence-corrected chi connectivity index (χ1v) is 16.9. The minimum Gasteiger partial charge on any atom is -0.493 e. The predicted molar refractivity (Wildman–Crippen MR) is 191 cm³/mol. The summed E-state index contributed by atoms with van der Waals surface area (Å²) in [5, 5.41) is 17.1. The number of carbonyl (C=O) groups is 3. The lowest BCUT2D eigenvalue weighted by molar-refractivity contribution is -0.149. The third-order valence-electron chi connectivity index (χ3n) is 8.85. The van der Waals surface area contributed by atoms with Gasteiger partial charge in [0.05, 0.1) is 19.2 Å². The third kappa shape index (κ3) is 8.92. The highest BCUT2D eigenvalue weighted by molar-refractivity contribution is 6.17. The van der Waals surface area contributed by atoms with Crippen molar-refractivity contribution in [3.8, 4) is 23.0 Å². The summed E-state index contributed by atoms with van der Waals surface area (Å²) in [6.07, 6.45) is 2.38. The fourth-order valence-corrected chi connectivity index (χ4v) is 6.02. The highest BCUT2D eigenvalue weighted by Crippen LogP contribution is 2.48. The number of rotatable bonds is 15. The van der Waals surface area contributed by atoms with E-state index in [0.29, 0.717) is 65.8 Å². The standard InChI is InChI=1S/C38H43N5O8/c1-42(2)23-35(45)50-29-14-18-43(22-29)21-27(44)24-49-28-10-11-30-31(20-28)39-17-13-32(30)51-33-12-9-26(19-34(33)48-3)41-37(47)38(15-16-38)36(46)40-25-7-5-4-6-8-25/h4-13,17,19-20,27,29,44H,14-16,18,21-24H2,1-3H3,(H,40,46)(H,41,47). The number of hydrogen-bond acceptors (Lipinski definition) is 11. The molecule has 0 spiro atoms. The van der Waals surface area contributed by atoms with E-state index in [2.05, 4.69) is 20.5 Å². The van der Waals surface area contributed by atoms with E-state index in [4.69, 9.17) is 18.9 Å². The van der Waals surface area contributed by atoms with Gasteiger partial charge >= 0.3 is 5.97 Å². The van der Waals surface area contributed by atoms with Gasteiger partial charge in [-0.2, -0.15) is 0 Å². The minimum atomic E-state index is -1.12. The number of aliphatic hydroxyl groups excluding tert-OH is 1. The quantitative estimate of drug-likeness (QED) is 0.120. The second-order valence-corrected chi connectivity index (χ2v) is 13.2. The second-order valence-electron chi connectivity index (χ2n) is 13.2. The van der Waals surface area contributed by atoms with Crippen molar-refractivity contribution in [1.82, 2.24) is 14.8 Å². The molecule has 0 bridgehead atoms. The number of aliphatic hydroxyl groups is 1. The number of esters is 1. The maximum absolute atomic E-state index is 13.2. The lowest BCUT2D eigenvalue weighted by atomic mass is 10.0. The zero-order valence-corrected chi connectivity index (χ0v) is 29.0. The van der Waals surface area contributed by atoms with Gasteiger partial charge in [0.15, 0.2) is 11.5 Å². The number of ether oxygens (including phenoxy) is 4. The highest BCUT2D eigenvalue weighted by atomic mass is 16.5. The molecular weight excluding hydrogens is 654 g/mol. The number of likely N-dealkylation sites (N-methyl/N-ethyl adjacent to an activating group) is 1. The summed E-state index contributed by atoms with van der Waals surface area (Å²) in [4.78, 5) is 46.5. The molecule has 2 atom stereocenters. The van der Waals surface area contributed by atoms with Gasteiger partial charge in [0.25, 0.3) is 0 Å². The number of methoxy groups -OCH3 is 1. The van der Waals surface area contributed by atoms with Crippen LogP contribution in [0.5, 0.6) is 23.0 Å². The molecule has 1 aliphatic carbocycles. The van der Waals surface area contributed by atoms with Gasteiger partial charge in [0, 0.05) is 54.7 Å². The first-order chi connectivity index (χ1) is 24.6. The summed E-state index contributed by atoms with van der Waals surface area (Å²) in [7, 11) is 5.15. The molecule has 2 fully saturated rings. The predicted octanol–water partition coefficient (Wildman–Crippen LogP) is 4.31. The Morgan fingerprint density at radius 3 is 2.45 bits per heavy atom. The topological polar surface area (TPSA) is 152 Å². The Bertz CT molecular complexity index is 1870. The maximum atomic E-state index is 13.2. The van der Waals surface area contributed by atoms with Gasteiger partial charge in [0.2, 0.25) is 11.8 Å². The molecule has 4 aromatic rings. The van der Waals surface area contributed by atoms with Crippen LogP contribution in [-0.4, -0.2) is 104 Å². The van der Waals surface area contributed by atoms with E-state index >= 15 is 0 Å². The molecule has 1 aliphatic heterocycles. The number of hydrogen-bond donors (Lipinski definition) is 3. The number of aromatic nitrogens is 1. The maximum Gasteiger partial charge on any atom is 0.320 e. The Kier molecular flexibility index (Phi) is 11.0.